The first kappa shape index (κ1) is 17.6. The second kappa shape index (κ2) is 6.03. The van der Waals surface area contributed by atoms with E-state index >= 15 is 0 Å². The maximum Gasteiger partial charge on any atom is 0.342 e. The average molecular weight is 351 g/mol. The van der Waals surface area contributed by atoms with Gasteiger partial charge in [-0.3, -0.25) is 14.9 Å². The Labute approximate surface area is 137 Å². The number of rotatable bonds is 4. The van der Waals surface area contributed by atoms with Crippen molar-refractivity contribution in [3.8, 4) is 11.1 Å². The third-order valence-electron chi connectivity index (χ3n) is 3.33. The van der Waals surface area contributed by atoms with E-state index in [1.54, 1.807) is 0 Å². The minimum Gasteiger partial charge on any atom is -0.478 e. The number of carbonyl (C=O) groups is 2. The Bertz CT molecular complexity index is 997. The van der Waals surface area contributed by atoms with Crippen LogP contribution < -0.4 is 11.3 Å². The second-order valence-corrected chi connectivity index (χ2v) is 5.00. The lowest BCUT2D eigenvalue weighted by Gasteiger charge is -2.13. The van der Waals surface area contributed by atoms with Gasteiger partial charge in [-0.2, -0.15) is 0 Å². The van der Waals surface area contributed by atoms with E-state index in [1.807, 2.05) is 4.98 Å². The smallest absolute Gasteiger partial charge is 0.342 e. The van der Waals surface area contributed by atoms with Gasteiger partial charge >= 0.3 is 11.9 Å². The number of nitro groups is 1. The van der Waals surface area contributed by atoms with Gasteiger partial charge in [0.15, 0.2) is 0 Å². The predicted molar refractivity (Wildman–Crippen MR) is 82.2 cm³/mol. The molecule has 0 aliphatic heterocycles. The molecule has 0 unspecified atom stereocenters. The zero-order valence-electron chi connectivity index (χ0n) is 12.5. The van der Waals surface area contributed by atoms with E-state index in [4.69, 9.17) is 5.73 Å². The summed E-state index contributed by atoms with van der Waals surface area (Å²) in [7, 11) is 0. The number of anilines is 1. The van der Waals surface area contributed by atoms with Crippen LogP contribution >= 0.6 is 0 Å². The molecule has 0 spiro atoms. The first-order valence-corrected chi connectivity index (χ1v) is 6.53. The van der Waals surface area contributed by atoms with Crippen LogP contribution in [0.1, 0.15) is 26.3 Å². The van der Waals surface area contributed by atoms with Gasteiger partial charge in [0, 0.05) is 11.6 Å². The van der Waals surface area contributed by atoms with Crippen LogP contribution in [0.25, 0.3) is 11.1 Å². The van der Waals surface area contributed by atoms with Gasteiger partial charge in [0.2, 0.25) is 0 Å². The van der Waals surface area contributed by atoms with Gasteiger partial charge in [-0.25, -0.2) is 14.0 Å². The zero-order chi connectivity index (χ0) is 19.0. The van der Waals surface area contributed by atoms with Crippen LogP contribution in [0, 0.1) is 22.9 Å². The Morgan fingerprint density at radius 2 is 1.76 bits per heavy atom. The molecule has 0 atom stereocenters. The molecule has 25 heavy (non-hydrogen) atoms. The SMILES string of the molecule is Cc1cc(F)c(-c2c(C(=O)O)c(N)[nH]c(=O)c2C(=O)O)c([N+](=O)[O-])c1. The van der Waals surface area contributed by atoms with Gasteiger partial charge in [-0.05, 0) is 18.6 Å². The molecule has 0 saturated heterocycles. The van der Waals surface area contributed by atoms with Gasteiger partial charge in [-0.15, -0.1) is 0 Å². The number of carboxylic acids is 2. The predicted octanol–water partition coefficient (Wildman–Crippen LogP) is 1.38. The first-order chi connectivity index (χ1) is 11.6. The van der Waals surface area contributed by atoms with Gasteiger partial charge in [0.1, 0.15) is 22.8 Å². The number of aromatic nitrogens is 1. The monoisotopic (exact) mass is 351 g/mol. The number of nitro benzene ring substituents is 1. The number of nitrogens with two attached hydrogens (primary N) is 1. The fraction of sp³-hybridized carbons (Fsp3) is 0.0714. The summed E-state index contributed by atoms with van der Waals surface area (Å²) in [6.45, 7) is 1.35. The molecular weight excluding hydrogens is 341 g/mol. The third kappa shape index (κ3) is 2.89. The Morgan fingerprint density at radius 3 is 2.24 bits per heavy atom. The molecular formula is C14H10FN3O7. The van der Waals surface area contributed by atoms with E-state index in [1.165, 1.54) is 6.92 Å². The standard InChI is InChI=1S/C14H10FN3O7/c1-4-2-5(15)7(6(3-4)18(24)25)8-9(13(20)21)11(16)17-12(19)10(8)14(22)23/h2-3H,1H3,(H,20,21)(H,22,23)(H3,16,17,19). The van der Waals surface area contributed by atoms with Crippen molar-refractivity contribution in [2.75, 3.05) is 5.73 Å². The molecule has 0 aliphatic rings. The summed E-state index contributed by atoms with van der Waals surface area (Å²) in [4.78, 5) is 46.9. The summed E-state index contributed by atoms with van der Waals surface area (Å²) < 4.78 is 14.5. The van der Waals surface area contributed by atoms with Gasteiger partial charge < -0.3 is 20.9 Å². The summed E-state index contributed by atoms with van der Waals surface area (Å²) in [6, 6.07) is 1.77. The van der Waals surface area contributed by atoms with Crippen molar-refractivity contribution in [1.29, 1.82) is 0 Å². The van der Waals surface area contributed by atoms with Crippen LogP contribution in [0.15, 0.2) is 16.9 Å². The number of pyridine rings is 1. The van der Waals surface area contributed by atoms with E-state index in [-0.39, 0.29) is 5.56 Å². The zero-order valence-corrected chi connectivity index (χ0v) is 12.5. The lowest BCUT2D eigenvalue weighted by atomic mass is 9.93. The molecule has 130 valence electrons. The molecule has 1 aromatic carbocycles. The van der Waals surface area contributed by atoms with E-state index < -0.39 is 62.0 Å². The number of hydrogen-bond acceptors (Lipinski definition) is 6. The molecule has 0 fully saturated rings. The Hall–Kier alpha value is -3.76. The summed E-state index contributed by atoms with van der Waals surface area (Å²) >= 11 is 0. The minimum atomic E-state index is -1.90. The van der Waals surface area contributed by atoms with E-state index in [9.17, 15) is 39.1 Å². The molecule has 0 bridgehead atoms. The van der Waals surface area contributed by atoms with Crippen LogP contribution in [0.3, 0.4) is 0 Å². The summed E-state index contributed by atoms with van der Waals surface area (Å²) in [5, 5.41) is 29.8. The number of aromatic carboxylic acids is 2. The highest BCUT2D eigenvalue weighted by atomic mass is 19.1. The highest BCUT2D eigenvalue weighted by Crippen LogP contribution is 2.38. The number of carboxylic acid groups (broad SMARTS) is 2. The number of benzene rings is 1. The number of nitrogens with one attached hydrogen (secondary N) is 1. The van der Waals surface area contributed by atoms with Crippen LogP contribution in [-0.4, -0.2) is 32.1 Å². The van der Waals surface area contributed by atoms with Gasteiger partial charge in [-0.1, -0.05) is 0 Å². The fourth-order valence-corrected chi connectivity index (χ4v) is 2.41. The van der Waals surface area contributed by atoms with Crippen LogP contribution in [0.2, 0.25) is 0 Å². The molecule has 11 heteroatoms. The number of H-pyrrole nitrogens is 1. The topological polar surface area (TPSA) is 177 Å². The molecule has 0 radical (unpaired) electrons. The summed E-state index contributed by atoms with van der Waals surface area (Å²) in [6.07, 6.45) is 0. The van der Waals surface area contributed by atoms with Crippen molar-refractivity contribution in [2.45, 2.75) is 6.92 Å². The molecule has 1 heterocycles. The van der Waals surface area contributed by atoms with Crippen molar-refractivity contribution in [3.05, 3.63) is 55.1 Å². The fourth-order valence-electron chi connectivity index (χ4n) is 2.41. The maximum absolute atomic E-state index is 14.5. The van der Waals surface area contributed by atoms with Crippen molar-refractivity contribution < 1.29 is 29.1 Å². The second-order valence-electron chi connectivity index (χ2n) is 5.00. The van der Waals surface area contributed by atoms with Crippen LogP contribution in [-0.2, 0) is 0 Å². The van der Waals surface area contributed by atoms with Gasteiger partial charge in [0.05, 0.1) is 10.5 Å². The molecule has 5 N–H and O–H groups in total. The van der Waals surface area contributed by atoms with E-state index in [0.717, 1.165) is 12.1 Å². The van der Waals surface area contributed by atoms with Crippen LogP contribution in [0.4, 0.5) is 15.9 Å². The highest BCUT2D eigenvalue weighted by molar-refractivity contribution is 6.08. The number of nitrogens with zero attached hydrogens (tertiary/aromatic N) is 1. The molecule has 2 aromatic rings. The number of halogens is 1. The van der Waals surface area contributed by atoms with Crippen molar-refractivity contribution in [3.63, 3.8) is 0 Å². The summed E-state index contributed by atoms with van der Waals surface area (Å²) in [5.41, 5.74) is -0.697. The Morgan fingerprint density at radius 1 is 1.20 bits per heavy atom. The number of aromatic amines is 1. The lowest BCUT2D eigenvalue weighted by Crippen LogP contribution is -2.24. The normalized spacial score (nSPS) is 10.5. The van der Waals surface area contributed by atoms with E-state index in [0.29, 0.717) is 0 Å². The van der Waals surface area contributed by atoms with Crippen molar-refractivity contribution in [2.24, 2.45) is 0 Å². The largest absolute Gasteiger partial charge is 0.478 e. The molecule has 2 rings (SSSR count). The molecule has 1 aromatic heterocycles. The molecule has 0 saturated carbocycles. The minimum absolute atomic E-state index is 0.138. The van der Waals surface area contributed by atoms with Crippen molar-refractivity contribution in [1.82, 2.24) is 4.98 Å². The molecule has 0 aliphatic carbocycles. The number of nitrogen functional groups attached to an aromatic ring is 1. The van der Waals surface area contributed by atoms with Gasteiger partial charge in [0.25, 0.3) is 11.2 Å². The lowest BCUT2D eigenvalue weighted by molar-refractivity contribution is -0.384. The maximum atomic E-state index is 14.5. The number of aryl methyl sites for hydroxylation is 1. The summed E-state index contributed by atoms with van der Waals surface area (Å²) in [5.74, 6) is -5.71. The van der Waals surface area contributed by atoms with E-state index in [2.05, 4.69) is 0 Å². The first-order valence-electron chi connectivity index (χ1n) is 6.53. The molecule has 10 nitrogen and oxygen atoms in total. The Balaban J connectivity index is 3.18. The quantitative estimate of drug-likeness (QED) is 0.471. The number of hydrogen-bond donors (Lipinski definition) is 4. The van der Waals surface area contributed by atoms with Crippen molar-refractivity contribution >= 4 is 23.4 Å². The highest BCUT2D eigenvalue weighted by Gasteiger charge is 2.33. The average Bonchev–Trinajstić information content (AvgIpc) is 2.44. The third-order valence-corrected chi connectivity index (χ3v) is 3.33. The Kier molecular flexibility index (Phi) is 4.25. The molecule has 0 amide bonds. The van der Waals surface area contributed by atoms with Crippen LogP contribution in [0.5, 0.6) is 0 Å².